The number of halogens is 2. The number of aryl methyl sites for hydroxylation is 1. The highest BCUT2D eigenvalue weighted by molar-refractivity contribution is 9.10. The first-order valence-corrected chi connectivity index (χ1v) is 7.40. The lowest BCUT2D eigenvalue weighted by atomic mass is 10.1. The van der Waals surface area contributed by atoms with Crippen molar-refractivity contribution in [3.05, 3.63) is 52.4 Å². The van der Waals surface area contributed by atoms with Gasteiger partial charge in [-0.3, -0.25) is 0 Å². The van der Waals surface area contributed by atoms with E-state index in [1.54, 1.807) is 0 Å². The normalized spacial score (nSPS) is 12.2. The van der Waals surface area contributed by atoms with Crippen LogP contribution in [0.3, 0.4) is 0 Å². The van der Waals surface area contributed by atoms with Gasteiger partial charge in [0.05, 0.1) is 10.2 Å². The van der Waals surface area contributed by atoms with Gasteiger partial charge in [-0.2, -0.15) is 0 Å². The number of hydrogen-bond donors (Lipinski definition) is 1. The number of rotatable bonds is 6. The number of nitrogens with zero attached hydrogens (tertiary/aromatic N) is 2. The van der Waals surface area contributed by atoms with Gasteiger partial charge in [0, 0.05) is 6.54 Å². The van der Waals surface area contributed by atoms with Crippen molar-refractivity contribution in [3.63, 3.8) is 0 Å². The Morgan fingerprint density at radius 1 is 1.25 bits per heavy atom. The summed E-state index contributed by atoms with van der Waals surface area (Å²) in [6.07, 6.45) is 2.26. The first-order valence-electron chi connectivity index (χ1n) is 6.60. The van der Waals surface area contributed by atoms with Crippen molar-refractivity contribution in [1.82, 2.24) is 9.97 Å². The highest BCUT2D eigenvalue weighted by atomic mass is 79.9. The SMILES string of the molecule is CC(F)c1ncnc(NCCCc2ccccc2)c1Br. The first-order chi connectivity index (χ1) is 9.68. The van der Waals surface area contributed by atoms with E-state index < -0.39 is 6.17 Å². The molecule has 0 aliphatic heterocycles. The molecule has 0 aliphatic rings. The average molecular weight is 338 g/mol. The van der Waals surface area contributed by atoms with E-state index in [2.05, 4.69) is 43.3 Å². The van der Waals surface area contributed by atoms with Gasteiger partial charge in [0.1, 0.15) is 18.3 Å². The van der Waals surface area contributed by atoms with Crippen LogP contribution in [0.1, 0.15) is 30.8 Å². The standard InChI is InChI=1S/C15H17BrFN3/c1-11(17)14-13(16)15(20-10-19-14)18-9-5-8-12-6-3-2-4-7-12/h2-4,6-7,10-11H,5,8-9H2,1H3,(H,18,19,20). The van der Waals surface area contributed by atoms with Crippen LogP contribution in [0.5, 0.6) is 0 Å². The van der Waals surface area contributed by atoms with Crippen molar-refractivity contribution in [2.24, 2.45) is 0 Å². The zero-order chi connectivity index (χ0) is 14.4. The van der Waals surface area contributed by atoms with E-state index in [1.165, 1.54) is 18.8 Å². The molecule has 1 aromatic heterocycles. The summed E-state index contributed by atoms with van der Waals surface area (Å²) in [5.74, 6) is 0.646. The molecule has 1 atom stereocenters. The molecule has 20 heavy (non-hydrogen) atoms. The molecule has 1 unspecified atom stereocenters. The van der Waals surface area contributed by atoms with Gasteiger partial charge in [0.25, 0.3) is 0 Å². The van der Waals surface area contributed by atoms with Crippen molar-refractivity contribution in [2.45, 2.75) is 25.9 Å². The van der Waals surface area contributed by atoms with Crippen LogP contribution >= 0.6 is 15.9 Å². The van der Waals surface area contributed by atoms with Gasteiger partial charge in [0.15, 0.2) is 0 Å². The number of nitrogens with one attached hydrogen (secondary N) is 1. The van der Waals surface area contributed by atoms with E-state index in [0.29, 0.717) is 16.0 Å². The quantitative estimate of drug-likeness (QED) is 0.798. The number of anilines is 1. The summed E-state index contributed by atoms with van der Waals surface area (Å²) in [4.78, 5) is 8.07. The van der Waals surface area contributed by atoms with Gasteiger partial charge >= 0.3 is 0 Å². The van der Waals surface area contributed by atoms with Crippen LogP contribution in [-0.4, -0.2) is 16.5 Å². The summed E-state index contributed by atoms with van der Waals surface area (Å²) >= 11 is 3.35. The minimum absolute atomic E-state index is 0.380. The zero-order valence-corrected chi connectivity index (χ0v) is 12.9. The fraction of sp³-hybridized carbons (Fsp3) is 0.333. The van der Waals surface area contributed by atoms with E-state index >= 15 is 0 Å². The minimum Gasteiger partial charge on any atom is -0.369 e. The third kappa shape index (κ3) is 4.00. The second-order valence-electron chi connectivity index (χ2n) is 4.55. The van der Waals surface area contributed by atoms with Crippen LogP contribution in [0, 0.1) is 0 Å². The Balaban J connectivity index is 1.87. The molecule has 0 radical (unpaired) electrons. The smallest absolute Gasteiger partial charge is 0.144 e. The van der Waals surface area contributed by atoms with Crippen LogP contribution in [0.4, 0.5) is 10.2 Å². The van der Waals surface area contributed by atoms with Gasteiger partial charge in [-0.25, -0.2) is 14.4 Å². The van der Waals surface area contributed by atoms with Crippen molar-refractivity contribution < 1.29 is 4.39 Å². The molecule has 0 saturated carbocycles. The molecular weight excluding hydrogens is 321 g/mol. The summed E-state index contributed by atoms with van der Waals surface area (Å²) in [5.41, 5.74) is 1.69. The van der Waals surface area contributed by atoms with Crippen LogP contribution < -0.4 is 5.32 Å². The molecule has 3 nitrogen and oxygen atoms in total. The molecule has 0 amide bonds. The Kier molecular flexibility index (Phi) is 5.47. The third-order valence-corrected chi connectivity index (χ3v) is 3.75. The molecule has 1 aromatic carbocycles. The maximum atomic E-state index is 13.3. The molecule has 0 bridgehead atoms. The fourth-order valence-electron chi connectivity index (χ4n) is 1.93. The van der Waals surface area contributed by atoms with Crippen LogP contribution in [0.15, 0.2) is 41.1 Å². The van der Waals surface area contributed by atoms with Gasteiger partial charge in [-0.1, -0.05) is 30.3 Å². The Morgan fingerprint density at radius 2 is 2.00 bits per heavy atom. The highest BCUT2D eigenvalue weighted by Crippen LogP contribution is 2.28. The van der Waals surface area contributed by atoms with E-state index in [9.17, 15) is 4.39 Å². The largest absolute Gasteiger partial charge is 0.369 e. The summed E-state index contributed by atoms with van der Waals surface area (Å²) in [7, 11) is 0. The summed E-state index contributed by atoms with van der Waals surface area (Å²) in [5, 5.41) is 3.21. The number of alkyl halides is 1. The van der Waals surface area contributed by atoms with Crippen molar-refractivity contribution in [3.8, 4) is 0 Å². The molecule has 0 fully saturated rings. The number of hydrogen-bond acceptors (Lipinski definition) is 3. The van der Waals surface area contributed by atoms with E-state index in [4.69, 9.17) is 0 Å². The van der Waals surface area contributed by atoms with Crippen molar-refractivity contribution in [1.29, 1.82) is 0 Å². The monoisotopic (exact) mass is 337 g/mol. The predicted molar refractivity (Wildman–Crippen MR) is 82.5 cm³/mol. The summed E-state index contributed by atoms with van der Waals surface area (Å²) in [6.45, 7) is 2.25. The van der Waals surface area contributed by atoms with Crippen molar-refractivity contribution in [2.75, 3.05) is 11.9 Å². The zero-order valence-electron chi connectivity index (χ0n) is 11.3. The molecule has 0 spiro atoms. The Bertz CT molecular complexity index is 546. The predicted octanol–water partition coefficient (Wildman–Crippen LogP) is 4.31. The van der Waals surface area contributed by atoms with Gasteiger partial charge < -0.3 is 5.32 Å². The van der Waals surface area contributed by atoms with Crippen LogP contribution in [-0.2, 0) is 6.42 Å². The minimum atomic E-state index is -1.11. The van der Waals surface area contributed by atoms with Crippen LogP contribution in [0.2, 0.25) is 0 Å². The average Bonchev–Trinajstić information content (AvgIpc) is 2.46. The third-order valence-electron chi connectivity index (χ3n) is 2.97. The molecule has 2 rings (SSSR count). The molecule has 0 saturated heterocycles. The van der Waals surface area contributed by atoms with Crippen LogP contribution in [0.25, 0.3) is 0 Å². The topological polar surface area (TPSA) is 37.8 Å². The second-order valence-corrected chi connectivity index (χ2v) is 5.35. The lowest BCUT2D eigenvalue weighted by Crippen LogP contribution is -2.07. The van der Waals surface area contributed by atoms with E-state index in [1.807, 2.05) is 18.2 Å². The fourth-order valence-corrected chi connectivity index (χ4v) is 2.59. The number of aromatic nitrogens is 2. The second kappa shape index (κ2) is 7.33. The first kappa shape index (κ1) is 14.9. The van der Waals surface area contributed by atoms with E-state index in [0.717, 1.165) is 19.4 Å². The molecule has 5 heteroatoms. The van der Waals surface area contributed by atoms with Gasteiger partial charge in [-0.05, 0) is 41.3 Å². The van der Waals surface area contributed by atoms with Gasteiger partial charge in [-0.15, -0.1) is 0 Å². The van der Waals surface area contributed by atoms with Crippen molar-refractivity contribution >= 4 is 21.7 Å². The summed E-state index contributed by atoms with van der Waals surface area (Å²) < 4.78 is 13.9. The van der Waals surface area contributed by atoms with E-state index in [-0.39, 0.29) is 0 Å². The Morgan fingerprint density at radius 3 is 2.70 bits per heavy atom. The van der Waals surface area contributed by atoms with Gasteiger partial charge in [0.2, 0.25) is 0 Å². The molecule has 1 N–H and O–H groups in total. The highest BCUT2D eigenvalue weighted by Gasteiger charge is 2.13. The molecule has 1 heterocycles. The lowest BCUT2D eigenvalue weighted by Gasteiger charge is -2.10. The molecule has 2 aromatic rings. The maximum absolute atomic E-state index is 13.3. The number of benzene rings is 1. The Labute approximate surface area is 126 Å². The summed E-state index contributed by atoms with van der Waals surface area (Å²) in [6, 6.07) is 10.3. The lowest BCUT2D eigenvalue weighted by molar-refractivity contribution is 0.364. The Hall–Kier alpha value is -1.49. The molecule has 106 valence electrons. The maximum Gasteiger partial charge on any atom is 0.144 e. The molecule has 0 aliphatic carbocycles. The molecular formula is C15H17BrFN3.